The highest BCUT2D eigenvalue weighted by Gasteiger charge is 2.35. The number of sulfonamides is 1. The number of amides is 1. The third-order valence-electron chi connectivity index (χ3n) is 4.34. The van der Waals surface area contributed by atoms with Crippen LogP contribution in [0.2, 0.25) is 10.0 Å². The third-order valence-corrected chi connectivity index (χ3v) is 7.20. The Morgan fingerprint density at radius 3 is 2.33 bits per heavy atom. The highest BCUT2D eigenvalue weighted by atomic mass is 35.5. The SMILES string of the molecule is CCOC(=O)C(C)NC(=O)C1CCN(S(=O)(=O)c2c(Cl)cccc2Cl)CC1. The number of piperidine rings is 1. The zero-order chi connectivity index (χ0) is 20.2. The molecule has 1 aliphatic rings. The van der Waals surface area contributed by atoms with Crippen molar-refractivity contribution in [2.45, 2.75) is 37.6 Å². The van der Waals surface area contributed by atoms with Crippen LogP contribution in [0.5, 0.6) is 0 Å². The minimum atomic E-state index is -3.85. The molecule has 0 aromatic heterocycles. The van der Waals surface area contributed by atoms with Gasteiger partial charge in [0.1, 0.15) is 10.9 Å². The van der Waals surface area contributed by atoms with Gasteiger partial charge in [-0.1, -0.05) is 29.3 Å². The number of rotatable bonds is 6. The molecule has 1 N–H and O–H groups in total. The summed E-state index contributed by atoms with van der Waals surface area (Å²) in [6.07, 6.45) is 0.672. The number of nitrogens with one attached hydrogen (secondary N) is 1. The fourth-order valence-corrected chi connectivity index (χ4v) is 5.43. The molecule has 1 heterocycles. The Hall–Kier alpha value is -1.35. The average Bonchev–Trinajstić information content (AvgIpc) is 2.61. The van der Waals surface area contributed by atoms with Crippen molar-refractivity contribution in [2.24, 2.45) is 5.92 Å². The lowest BCUT2D eigenvalue weighted by atomic mass is 9.97. The van der Waals surface area contributed by atoms with Crippen LogP contribution in [0.4, 0.5) is 0 Å². The molecule has 1 unspecified atom stereocenters. The zero-order valence-corrected chi connectivity index (χ0v) is 17.4. The van der Waals surface area contributed by atoms with Crippen molar-refractivity contribution in [1.29, 1.82) is 0 Å². The molecular weight excluding hydrogens is 415 g/mol. The minimum Gasteiger partial charge on any atom is -0.464 e. The van der Waals surface area contributed by atoms with Crippen molar-refractivity contribution in [3.05, 3.63) is 28.2 Å². The van der Waals surface area contributed by atoms with E-state index in [9.17, 15) is 18.0 Å². The smallest absolute Gasteiger partial charge is 0.328 e. The molecule has 1 amide bonds. The van der Waals surface area contributed by atoms with Gasteiger partial charge in [0.05, 0.1) is 16.7 Å². The summed E-state index contributed by atoms with van der Waals surface area (Å²) in [6, 6.07) is 3.76. The number of nitrogens with zero attached hydrogens (tertiary/aromatic N) is 1. The van der Waals surface area contributed by atoms with Crippen molar-refractivity contribution in [3.8, 4) is 0 Å². The van der Waals surface area contributed by atoms with E-state index in [0.29, 0.717) is 12.8 Å². The molecule has 1 saturated heterocycles. The quantitative estimate of drug-likeness (QED) is 0.691. The van der Waals surface area contributed by atoms with Crippen LogP contribution in [0.1, 0.15) is 26.7 Å². The maximum atomic E-state index is 12.8. The number of ether oxygens (including phenoxy) is 1. The van der Waals surface area contributed by atoms with E-state index < -0.39 is 22.0 Å². The van der Waals surface area contributed by atoms with Crippen LogP contribution >= 0.6 is 23.2 Å². The Bertz CT molecular complexity index is 787. The molecule has 1 aromatic carbocycles. The van der Waals surface area contributed by atoms with E-state index in [4.69, 9.17) is 27.9 Å². The zero-order valence-electron chi connectivity index (χ0n) is 15.1. The summed E-state index contributed by atoms with van der Waals surface area (Å²) in [5.41, 5.74) is 0. The van der Waals surface area contributed by atoms with E-state index >= 15 is 0 Å². The second-order valence-electron chi connectivity index (χ2n) is 6.21. The van der Waals surface area contributed by atoms with Crippen LogP contribution < -0.4 is 5.32 Å². The highest BCUT2D eigenvalue weighted by Crippen LogP contribution is 2.33. The van der Waals surface area contributed by atoms with Gasteiger partial charge in [0.2, 0.25) is 15.9 Å². The van der Waals surface area contributed by atoms with Crippen LogP contribution in [0.25, 0.3) is 0 Å². The van der Waals surface area contributed by atoms with Gasteiger partial charge in [-0.25, -0.2) is 13.2 Å². The second-order valence-corrected chi connectivity index (χ2v) is 8.90. The monoisotopic (exact) mass is 436 g/mol. The van der Waals surface area contributed by atoms with Gasteiger partial charge in [0, 0.05) is 19.0 Å². The van der Waals surface area contributed by atoms with Gasteiger partial charge >= 0.3 is 5.97 Å². The molecule has 7 nitrogen and oxygen atoms in total. The average molecular weight is 437 g/mol. The highest BCUT2D eigenvalue weighted by molar-refractivity contribution is 7.89. The molecular formula is C17H22Cl2N2O5S. The van der Waals surface area contributed by atoms with E-state index in [0.717, 1.165) is 0 Å². The molecule has 1 fully saturated rings. The second kappa shape index (κ2) is 9.23. The molecule has 1 aliphatic heterocycles. The Labute approximate surface area is 169 Å². The number of carbonyl (C=O) groups is 2. The summed E-state index contributed by atoms with van der Waals surface area (Å²) in [5, 5.41) is 2.74. The Balaban J connectivity index is 2.00. The first kappa shape index (κ1) is 21.9. The fraction of sp³-hybridized carbons (Fsp3) is 0.529. The number of benzene rings is 1. The summed E-state index contributed by atoms with van der Waals surface area (Å²) < 4.78 is 31.8. The summed E-state index contributed by atoms with van der Waals surface area (Å²) in [4.78, 5) is 23.8. The normalized spacial score (nSPS) is 17.3. The lowest BCUT2D eigenvalue weighted by Gasteiger charge is -2.31. The lowest BCUT2D eigenvalue weighted by molar-refractivity contribution is -0.147. The van der Waals surface area contributed by atoms with Crippen LogP contribution in [-0.2, 0) is 24.3 Å². The van der Waals surface area contributed by atoms with Gasteiger partial charge in [-0.15, -0.1) is 0 Å². The Morgan fingerprint density at radius 2 is 1.81 bits per heavy atom. The van der Waals surface area contributed by atoms with Crippen LogP contribution in [0.15, 0.2) is 23.1 Å². The van der Waals surface area contributed by atoms with Gasteiger partial charge in [-0.3, -0.25) is 4.79 Å². The van der Waals surface area contributed by atoms with Gasteiger partial charge < -0.3 is 10.1 Å². The van der Waals surface area contributed by atoms with Gasteiger partial charge in [0.15, 0.2) is 0 Å². The summed E-state index contributed by atoms with van der Waals surface area (Å²) in [7, 11) is -3.85. The molecule has 2 rings (SSSR count). The molecule has 0 aliphatic carbocycles. The topological polar surface area (TPSA) is 92.8 Å². The van der Waals surface area contributed by atoms with E-state index in [1.165, 1.54) is 16.4 Å². The first-order valence-electron chi connectivity index (χ1n) is 8.59. The largest absolute Gasteiger partial charge is 0.464 e. The van der Waals surface area contributed by atoms with E-state index in [-0.39, 0.29) is 46.5 Å². The maximum absolute atomic E-state index is 12.8. The predicted molar refractivity (Wildman–Crippen MR) is 102 cm³/mol. The standard InChI is InChI=1S/C17H22Cl2N2O5S/c1-3-26-17(23)11(2)20-16(22)12-7-9-21(10-8-12)27(24,25)15-13(18)5-4-6-14(15)19/h4-6,11-12H,3,7-10H2,1-2H3,(H,20,22). The van der Waals surface area contributed by atoms with E-state index in [1.807, 2.05) is 0 Å². The molecule has 0 saturated carbocycles. The van der Waals surface area contributed by atoms with Crippen LogP contribution in [-0.4, -0.2) is 50.3 Å². The Morgan fingerprint density at radius 1 is 1.26 bits per heavy atom. The summed E-state index contributed by atoms with van der Waals surface area (Å²) >= 11 is 12.1. The van der Waals surface area contributed by atoms with Crippen molar-refractivity contribution < 1.29 is 22.7 Å². The molecule has 0 spiro atoms. The van der Waals surface area contributed by atoms with Gasteiger partial charge in [-0.05, 0) is 38.8 Å². The number of carbonyl (C=O) groups excluding carboxylic acids is 2. The maximum Gasteiger partial charge on any atom is 0.328 e. The van der Waals surface area contributed by atoms with E-state index in [1.54, 1.807) is 19.9 Å². The molecule has 1 aromatic rings. The van der Waals surface area contributed by atoms with Crippen molar-refractivity contribution >= 4 is 45.1 Å². The van der Waals surface area contributed by atoms with Crippen molar-refractivity contribution in [3.63, 3.8) is 0 Å². The van der Waals surface area contributed by atoms with Gasteiger partial charge in [0.25, 0.3) is 0 Å². The first-order chi connectivity index (χ1) is 12.7. The molecule has 0 bridgehead atoms. The van der Waals surface area contributed by atoms with Crippen molar-refractivity contribution in [2.75, 3.05) is 19.7 Å². The molecule has 1 atom stereocenters. The van der Waals surface area contributed by atoms with Crippen LogP contribution in [0.3, 0.4) is 0 Å². The molecule has 150 valence electrons. The summed E-state index contributed by atoms with van der Waals surface area (Å²) in [6.45, 7) is 3.80. The number of esters is 1. The van der Waals surface area contributed by atoms with Gasteiger partial charge in [-0.2, -0.15) is 4.31 Å². The lowest BCUT2D eigenvalue weighted by Crippen LogP contribution is -2.46. The predicted octanol–water partition coefficient (Wildman–Crippen LogP) is 2.46. The number of halogens is 2. The fourth-order valence-electron chi connectivity index (χ4n) is 2.87. The van der Waals surface area contributed by atoms with Crippen LogP contribution in [0, 0.1) is 5.92 Å². The first-order valence-corrected chi connectivity index (χ1v) is 10.8. The Kier molecular flexibility index (Phi) is 7.50. The number of hydrogen-bond donors (Lipinski definition) is 1. The summed E-state index contributed by atoms with van der Waals surface area (Å²) in [5.74, 6) is -1.17. The van der Waals surface area contributed by atoms with E-state index in [2.05, 4.69) is 5.32 Å². The molecule has 27 heavy (non-hydrogen) atoms. The third kappa shape index (κ3) is 5.13. The van der Waals surface area contributed by atoms with Crippen molar-refractivity contribution in [1.82, 2.24) is 9.62 Å². The molecule has 10 heteroatoms. The molecule has 0 radical (unpaired) electrons. The minimum absolute atomic E-state index is 0.0608. The number of hydrogen-bond acceptors (Lipinski definition) is 5.